The average molecular weight is 341 g/mol. The van der Waals surface area contributed by atoms with Gasteiger partial charge >= 0.3 is 6.18 Å². The molecule has 2 amide bonds. The van der Waals surface area contributed by atoms with E-state index in [-0.39, 0.29) is 4.47 Å². The lowest BCUT2D eigenvalue weighted by molar-refractivity contribution is -0.138. The minimum atomic E-state index is -4.69. The van der Waals surface area contributed by atoms with Gasteiger partial charge in [-0.2, -0.15) is 13.2 Å². The Kier molecular flexibility index (Phi) is 4.90. The zero-order valence-electron chi connectivity index (χ0n) is 9.25. The van der Waals surface area contributed by atoms with Gasteiger partial charge in [-0.05, 0) is 18.2 Å². The highest BCUT2D eigenvalue weighted by Gasteiger charge is 2.35. The molecule has 0 radical (unpaired) electrons. The van der Waals surface area contributed by atoms with Crippen molar-refractivity contribution in [2.45, 2.75) is 6.18 Å². The molecule has 0 bridgehead atoms. The molecule has 0 saturated heterocycles. The molecule has 0 unspecified atom stereocenters. The summed E-state index contributed by atoms with van der Waals surface area (Å²) in [4.78, 5) is 26.2. The molecule has 0 atom stereocenters. The number of nitrogens with two attached hydrogens (primary N) is 1. The lowest BCUT2D eigenvalue weighted by Gasteiger charge is -2.12. The first-order valence-electron chi connectivity index (χ1n) is 4.79. The van der Waals surface area contributed by atoms with E-state index in [1.807, 2.05) is 0 Å². The molecule has 0 fully saturated rings. The maximum atomic E-state index is 12.7. The van der Waals surface area contributed by atoms with Gasteiger partial charge < -0.3 is 5.73 Å². The predicted molar refractivity (Wildman–Crippen MR) is 61.8 cm³/mol. The first kappa shape index (κ1) is 15.4. The molecule has 1 aromatic rings. The highest BCUT2D eigenvalue weighted by atomic mass is 79.9. The van der Waals surface area contributed by atoms with Crippen LogP contribution in [0.5, 0.6) is 0 Å². The van der Waals surface area contributed by atoms with Crippen molar-refractivity contribution in [2.75, 3.05) is 6.61 Å². The van der Waals surface area contributed by atoms with E-state index in [0.717, 1.165) is 12.1 Å². The molecule has 104 valence electrons. The molecule has 0 aliphatic rings. The molecule has 0 heterocycles. The number of halogens is 4. The SMILES string of the molecule is NC(=O)CONC(=O)c1ccc(Br)cc1C(F)(F)F. The molecule has 3 N–H and O–H groups in total. The minimum Gasteiger partial charge on any atom is -0.368 e. The molecular formula is C10H8BrF3N2O3. The van der Waals surface area contributed by atoms with E-state index in [0.29, 0.717) is 0 Å². The van der Waals surface area contributed by atoms with Crippen molar-refractivity contribution in [2.24, 2.45) is 5.73 Å². The number of carbonyl (C=O) groups excluding carboxylic acids is 2. The van der Waals surface area contributed by atoms with Crippen LogP contribution < -0.4 is 11.2 Å². The average Bonchev–Trinajstić information content (AvgIpc) is 2.27. The summed E-state index contributed by atoms with van der Waals surface area (Å²) in [5.41, 5.74) is 4.69. The zero-order chi connectivity index (χ0) is 14.6. The van der Waals surface area contributed by atoms with Gasteiger partial charge in [0.1, 0.15) is 0 Å². The largest absolute Gasteiger partial charge is 0.417 e. The van der Waals surface area contributed by atoms with Crippen LogP contribution >= 0.6 is 15.9 Å². The third-order valence-corrected chi connectivity index (χ3v) is 2.40. The lowest BCUT2D eigenvalue weighted by atomic mass is 10.1. The number of hydrogen-bond acceptors (Lipinski definition) is 3. The summed E-state index contributed by atoms with van der Waals surface area (Å²) in [6.45, 7) is -0.635. The Morgan fingerprint density at radius 3 is 2.53 bits per heavy atom. The normalized spacial score (nSPS) is 11.2. The summed E-state index contributed by atoms with van der Waals surface area (Å²) >= 11 is 2.89. The van der Waals surface area contributed by atoms with Gasteiger partial charge in [-0.25, -0.2) is 5.48 Å². The highest BCUT2D eigenvalue weighted by molar-refractivity contribution is 9.10. The Labute approximate surface area is 114 Å². The zero-order valence-corrected chi connectivity index (χ0v) is 10.8. The fourth-order valence-electron chi connectivity index (χ4n) is 1.18. The van der Waals surface area contributed by atoms with Crippen molar-refractivity contribution in [1.82, 2.24) is 5.48 Å². The molecule has 0 spiro atoms. The van der Waals surface area contributed by atoms with E-state index in [2.05, 4.69) is 20.8 Å². The molecule has 5 nitrogen and oxygen atoms in total. The number of amides is 2. The third kappa shape index (κ3) is 4.52. The maximum absolute atomic E-state index is 12.7. The van der Waals surface area contributed by atoms with Gasteiger partial charge in [-0.3, -0.25) is 14.4 Å². The van der Waals surface area contributed by atoms with Crippen molar-refractivity contribution >= 4 is 27.7 Å². The Morgan fingerprint density at radius 1 is 1.37 bits per heavy atom. The Hall–Kier alpha value is -1.61. The van der Waals surface area contributed by atoms with Crippen LogP contribution in [0.3, 0.4) is 0 Å². The Balaban J connectivity index is 2.93. The molecule has 0 aromatic heterocycles. The quantitative estimate of drug-likeness (QED) is 0.817. The number of nitrogens with one attached hydrogen (secondary N) is 1. The smallest absolute Gasteiger partial charge is 0.368 e. The van der Waals surface area contributed by atoms with Crippen molar-refractivity contribution in [1.29, 1.82) is 0 Å². The van der Waals surface area contributed by atoms with Crippen molar-refractivity contribution in [3.05, 3.63) is 33.8 Å². The van der Waals surface area contributed by atoms with Crippen molar-refractivity contribution in [3.63, 3.8) is 0 Å². The number of benzene rings is 1. The van der Waals surface area contributed by atoms with Gasteiger partial charge in [0.05, 0.1) is 11.1 Å². The van der Waals surface area contributed by atoms with Crippen molar-refractivity contribution in [3.8, 4) is 0 Å². The summed E-state index contributed by atoms with van der Waals surface area (Å²) in [5, 5.41) is 0. The van der Waals surface area contributed by atoms with Crippen LogP contribution in [0.2, 0.25) is 0 Å². The molecule has 19 heavy (non-hydrogen) atoms. The second-order valence-corrected chi connectivity index (χ2v) is 4.29. The Morgan fingerprint density at radius 2 is 2.00 bits per heavy atom. The van der Waals surface area contributed by atoms with E-state index in [9.17, 15) is 22.8 Å². The summed E-state index contributed by atoms with van der Waals surface area (Å²) < 4.78 is 38.3. The Bertz CT molecular complexity index is 505. The molecular weight excluding hydrogens is 333 g/mol. The summed E-state index contributed by atoms with van der Waals surface area (Å²) in [6.07, 6.45) is -4.69. The first-order valence-corrected chi connectivity index (χ1v) is 5.58. The van der Waals surface area contributed by atoms with Gasteiger partial charge in [0, 0.05) is 4.47 Å². The topological polar surface area (TPSA) is 81.4 Å². The van der Waals surface area contributed by atoms with Gasteiger partial charge in [0.15, 0.2) is 6.61 Å². The third-order valence-electron chi connectivity index (χ3n) is 1.91. The number of primary amides is 1. The number of hydroxylamine groups is 1. The molecule has 0 aliphatic carbocycles. The van der Waals surface area contributed by atoms with Gasteiger partial charge in [0.2, 0.25) is 5.91 Å². The predicted octanol–water partition coefficient (Wildman–Crippen LogP) is 1.61. The van der Waals surface area contributed by atoms with Crippen LogP contribution in [0, 0.1) is 0 Å². The fourth-order valence-corrected chi connectivity index (χ4v) is 1.54. The number of rotatable bonds is 4. The minimum absolute atomic E-state index is 0.175. The molecule has 0 aliphatic heterocycles. The van der Waals surface area contributed by atoms with Crippen LogP contribution in [0.1, 0.15) is 15.9 Å². The van der Waals surface area contributed by atoms with E-state index in [4.69, 9.17) is 5.73 Å². The maximum Gasteiger partial charge on any atom is 0.417 e. The standard InChI is InChI=1S/C10H8BrF3N2O3/c11-5-1-2-6(7(3-5)10(12,13)14)9(18)16-19-4-8(15)17/h1-3H,4H2,(H2,15,17)(H,16,18). The first-order chi connectivity index (χ1) is 8.71. The molecule has 0 saturated carbocycles. The van der Waals surface area contributed by atoms with Crippen LogP contribution in [-0.4, -0.2) is 18.4 Å². The van der Waals surface area contributed by atoms with E-state index in [1.165, 1.54) is 6.07 Å². The summed E-state index contributed by atoms with van der Waals surface area (Å²) in [6, 6.07) is 3.02. The highest BCUT2D eigenvalue weighted by Crippen LogP contribution is 2.33. The number of hydrogen-bond donors (Lipinski definition) is 2. The van der Waals surface area contributed by atoms with Crippen LogP contribution in [0.25, 0.3) is 0 Å². The second-order valence-electron chi connectivity index (χ2n) is 3.37. The molecule has 1 rings (SSSR count). The van der Waals surface area contributed by atoms with E-state index >= 15 is 0 Å². The van der Waals surface area contributed by atoms with E-state index in [1.54, 1.807) is 5.48 Å². The second kappa shape index (κ2) is 6.02. The van der Waals surface area contributed by atoms with E-state index < -0.39 is 35.7 Å². The van der Waals surface area contributed by atoms with Crippen LogP contribution in [0.4, 0.5) is 13.2 Å². The number of alkyl halides is 3. The monoisotopic (exact) mass is 340 g/mol. The molecule has 9 heteroatoms. The lowest BCUT2D eigenvalue weighted by Crippen LogP contribution is -2.30. The van der Waals surface area contributed by atoms with Gasteiger partial charge in [-0.15, -0.1) is 0 Å². The fraction of sp³-hybridized carbons (Fsp3) is 0.200. The van der Waals surface area contributed by atoms with Gasteiger partial charge in [0.25, 0.3) is 5.91 Å². The van der Waals surface area contributed by atoms with Crippen LogP contribution in [0.15, 0.2) is 22.7 Å². The molecule has 1 aromatic carbocycles. The summed E-state index contributed by atoms with van der Waals surface area (Å²) in [7, 11) is 0. The number of carbonyl (C=O) groups is 2. The van der Waals surface area contributed by atoms with Crippen molar-refractivity contribution < 1.29 is 27.6 Å². The van der Waals surface area contributed by atoms with Gasteiger partial charge in [-0.1, -0.05) is 15.9 Å². The summed E-state index contributed by atoms with van der Waals surface area (Å²) in [5.74, 6) is -1.99. The van der Waals surface area contributed by atoms with Crippen LogP contribution in [-0.2, 0) is 15.8 Å².